The zero-order chi connectivity index (χ0) is 12.8. The molecule has 4 nitrogen and oxygen atoms in total. The molecule has 1 aromatic carbocycles. The molecule has 0 N–H and O–H groups in total. The number of hydrogen-bond acceptors (Lipinski definition) is 4. The number of morpholine rings is 1. The second-order valence-corrected chi connectivity index (χ2v) is 4.28. The molecule has 1 aliphatic rings. The van der Waals surface area contributed by atoms with Gasteiger partial charge in [-0.1, -0.05) is 30.3 Å². The second-order valence-electron chi connectivity index (χ2n) is 4.28. The van der Waals surface area contributed by atoms with Gasteiger partial charge in [-0.15, -0.1) is 0 Å². The van der Waals surface area contributed by atoms with Gasteiger partial charge in [-0.25, -0.2) is 0 Å². The summed E-state index contributed by atoms with van der Waals surface area (Å²) in [5.74, 6) is -0.166. The van der Waals surface area contributed by atoms with Crippen molar-refractivity contribution in [1.82, 2.24) is 4.90 Å². The summed E-state index contributed by atoms with van der Waals surface area (Å²) in [6.45, 7) is 4.65. The lowest BCUT2D eigenvalue weighted by Gasteiger charge is -2.35. The van der Waals surface area contributed by atoms with Gasteiger partial charge in [0.25, 0.3) is 0 Å². The number of hydrogen-bond donors (Lipinski definition) is 0. The molecule has 0 bridgehead atoms. The standard InChI is InChI=1S/C14H19NO3/c1-2-18-14(16)10-15-8-9-17-11-13(15)12-6-4-3-5-7-12/h3-7,13H,2,8-11H2,1H3/t13-/m0/s1. The fourth-order valence-electron chi connectivity index (χ4n) is 2.18. The highest BCUT2D eigenvalue weighted by atomic mass is 16.5. The Labute approximate surface area is 107 Å². The fourth-order valence-corrected chi connectivity index (χ4v) is 2.18. The van der Waals surface area contributed by atoms with E-state index in [9.17, 15) is 4.79 Å². The average Bonchev–Trinajstić information content (AvgIpc) is 2.40. The minimum absolute atomic E-state index is 0.143. The van der Waals surface area contributed by atoms with Crippen LogP contribution in [0, 0.1) is 0 Å². The summed E-state index contributed by atoms with van der Waals surface area (Å²) in [5.41, 5.74) is 1.18. The molecule has 2 rings (SSSR count). The summed E-state index contributed by atoms with van der Waals surface area (Å²) >= 11 is 0. The molecule has 0 radical (unpaired) electrons. The van der Waals surface area contributed by atoms with Gasteiger partial charge in [0.2, 0.25) is 0 Å². The van der Waals surface area contributed by atoms with E-state index in [1.54, 1.807) is 0 Å². The van der Waals surface area contributed by atoms with Crippen molar-refractivity contribution in [2.75, 3.05) is 32.9 Å². The van der Waals surface area contributed by atoms with Crippen LogP contribution in [0.1, 0.15) is 18.5 Å². The highest BCUT2D eigenvalue weighted by Crippen LogP contribution is 2.23. The van der Waals surface area contributed by atoms with Crippen molar-refractivity contribution < 1.29 is 14.3 Å². The highest BCUT2D eigenvalue weighted by molar-refractivity contribution is 5.71. The molecule has 0 aromatic heterocycles. The number of carbonyl (C=O) groups excluding carboxylic acids is 1. The molecular weight excluding hydrogens is 230 g/mol. The maximum Gasteiger partial charge on any atom is 0.320 e. The van der Waals surface area contributed by atoms with Crippen molar-refractivity contribution in [3.05, 3.63) is 35.9 Å². The van der Waals surface area contributed by atoms with Crippen LogP contribution in [-0.2, 0) is 14.3 Å². The first-order valence-electron chi connectivity index (χ1n) is 6.33. The van der Waals surface area contributed by atoms with E-state index in [0.717, 1.165) is 6.54 Å². The molecule has 4 heteroatoms. The maximum absolute atomic E-state index is 11.6. The van der Waals surface area contributed by atoms with Gasteiger partial charge in [-0.2, -0.15) is 0 Å². The Kier molecular flexibility index (Phi) is 4.73. The van der Waals surface area contributed by atoms with E-state index in [1.165, 1.54) is 5.56 Å². The van der Waals surface area contributed by atoms with Gasteiger partial charge < -0.3 is 9.47 Å². The van der Waals surface area contributed by atoms with Crippen LogP contribution in [0.5, 0.6) is 0 Å². The van der Waals surface area contributed by atoms with Crippen LogP contribution in [0.15, 0.2) is 30.3 Å². The van der Waals surface area contributed by atoms with E-state index < -0.39 is 0 Å². The summed E-state index contributed by atoms with van der Waals surface area (Å²) in [5, 5.41) is 0. The lowest BCUT2D eigenvalue weighted by Crippen LogP contribution is -2.42. The van der Waals surface area contributed by atoms with Crippen LogP contribution in [0.3, 0.4) is 0 Å². The molecule has 18 heavy (non-hydrogen) atoms. The molecule has 1 aromatic rings. The third-order valence-electron chi connectivity index (χ3n) is 3.06. The highest BCUT2D eigenvalue weighted by Gasteiger charge is 2.26. The summed E-state index contributed by atoms with van der Waals surface area (Å²) in [6.07, 6.45) is 0. The maximum atomic E-state index is 11.6. The van der Waals surface area contributed by atoms with E-state index in [2.05, 4.69) is 17.0 Å². The molecular formula is C14H19NO3. The third-order valence-corrected chi connectivity index (χ3v) is 3.06. The second kappa shape index (κ2) is 6.52. The Bertz CT molecular complexity index is 380. The molecule has 0 spiro atoms. The van der Waals surface area contributed by atoms with Crippen molar-refractivity contribution in [1.29, 1.82) is 0 Å². The Balaban J connectivity index is 2.04. The van der Waals surface area contributed by atoms with E-state index in [4.69, 9.17) is 9.47 Å². The number of esters is 1. The van der Waals surface area contributed by atoms with Gasteiger partial charge in [-0.3, -0.25) is 9.69 Å². The molecule has 0 saturated carbocycles. The molecule has 1 aliphatic heterocycles. The van der Waals surface area contributed by atoms with Crippen LogP contribution < -0.4 is 0 Å². The van der Waals surface area contributed by atoms with Crippen molar-refractivity contribution in [2.24, 2.45) is 0 Å². The van der Waals surface area contributed by atoms with Gasteiger partial charge in [0.15, 0.2) is 0 Å². The predicted molar refractivity (Wildman–Crippen MR) is 68.2 cm³/mol. The Morgan fingerprint density at radius 3 is 2.94 bits per heavy atom. The number of nitrogens with zero attached hydrogens (tertiary/aromatic N) is 1. The molecule has 1 saturated heterocycles. The number of rotatable bonds is 4. The van der Waals surface area contributed by atoms with Crippen LogP contribution in [0.25, 0.3) is 0 Å². The average molecular weight is 249 g/mol. The Hall–Kier alpha value is -1.39. The van der Waals surface area contributed by atoms with Crippen molar-refractivity contribution in [2.45, 2.75) is 13.0 Å². The molecule has 0 amide bonds. The van der Waals surface area contributed by atoms with E-state index in [0.29, 0.717) is 26.4 Å². The minimum atomic E-state index is -0.166. The number of carbonyl (C=O) groups is 1. The summed E-state index contributed by atoms with van der Waals surface area (Å²) in [6, 6.07) is 10.3. The van der Waals surface area contributed by atoms with Gasteiger partial charge in [0.1, 0.15) is 0 Å². The number of ether oxygens (including phenoxy) is 2. The third kappa shape index (κ3) is 3.31. The number of benzene rings is 1. The van der Waals surface area contributed by atoms with Gasteiger partial charge in [-0.05, 0) is 12.5 Å². The summed E-state index contributed by atoms with van der Waals surface area (Å²) < 4.78 is 10.5. The molecule has 0 unspecified atom stereocenters. The molecule has 1 fully saturated rings. The first-order chi connectivity index (χ1) is 8.81. The predicted octanol–water partition coefficient (Wildman–Crippen LogP) is 1.62. The van der Waals surface area contributed by atoms with Crippen molar-refractivity contribution in [3.8, 4) is 0 Å². The molecule has 98 valence electrons. The zero-order valence-corrected chi connectivity index (χ0v) is 10.7. The molecule has 1 atom stereocenters. The van der Waals surface area contributed by atoms with Crippen molar-refractivity contribution in [3.63, 3.8) is 0 Å². The van der Waals surface area contributed by atoms with Crippen LogP contribution in [0.2, 0.25) is 0 Å². The first kappa shape index (κ1) is 13.1. The lowest BCUT2D eigenvalue weighted by atomic mass is 10.1. The van der Waals surface area contributed by atoms with Crippen LogP contribution in [-0.4, -0.2) is 43.8 Å². The van der Waals surface area contributed by atoms with Crippen LogP contribution in [0.4, 0.5) is 0 Å². The quantitative estimate of drug-likeness (QED) is 0.760. The molecule has 0 aliphatic carbocycles. The normalized spacial score (nSPS) is 20.6. The Morgan fingerprint density at radius 1 is 1.44 bits per heavy atom. The van der Waals surface area contributed by atoms with Gasteiger partial charge >= 0.3 is 5.97 Å². The first-order valence-corrected chi connectivity index (χ1v) is 6.33. The minimum Gasteiger partial charge on any atom is -0.465 e. The summed E-state index contributed by atoms with van der Waals surface area (Å²) in [7, 11) is 0. The van der Waals surface area contributed by atoms with E-state index in [-0.39, 0.29) is 12.0 Å². The van der Waals surface area contributed by atoms with E-state index in [1.807, 2.05) is 25.1 Å². The topological polar surface area (TPSA) is 38.8 Å². The smallest absolute Gasteiger partial charge is 0.320 e. The monoisotopic (exact) mass is 249 g/mol. The van der Waals surface area contributed by atoms with Gasteiger partial charge in [0.05, 0.1) is 32.4 Å². The zero-order valence-electron chi connectivity index (χ0n) is 10.7. The summed E-state index contributed by atoms with van der Waals surface area (Å²) in [4.78, 5) is 13.7. The lowest BCUT2D eigenvalue weighted by molar-refractivity contribution is -0.146. The van der Waals surface area contributed by atoms with Gasteiger partial charge in [0, 0.05) is 6.54 Å². The van der Waals surface area contributed by atoms with E-state index >= 15 is 0 Å². The largest absolute Gasteiger partial charge is 0.465 e. The molecule has 1 heterocycles. The van der Waals surface area contributed by atoms with Crippen LogP contribution >= 0.6 is 0 Å². The fraction of sp³-hybridized carbons (Fsp3) is 0.500. The Morgan fingerprint density at radius 2 is 2.22 bits per heavy atom. The SMILES string of the molecule is CCOC(=O)CN1CCOC[C@H]1c1ccccc1. The van der Waals surface area contributed by atoms with Crippen molar-refractivity contribution >= 4 is 5.97 Å².